The van der Waals surface area contributed by atoms with Gasteiger partial charge in [-0.1, -0.05) is 35.0 Å². The van der Waals surface area contributed by atoms with E-state index in [1.165, 1.54) is 0 Å². The minimum atomic E-state index is -0.774. The average molecular weight is 365 g/mol. The molecule has 0 aliphatic carbocycles. The fourth-order valence-corrected chi connectivity index (χ4v) is 4.33. The largest absolute Gasteiger partial charge is 0.360 e. The summed E-state index contributed by atoms with van der Waals surface area (Å²) in [5, 5.41) is 6.88. The Morgan fingerprint density at radius 1 is 1.30 bits per heavy atom. The molecule has 2 amide bonds. The lowest BCUT2D eigenvalue weighted by molar-refractivity contribution is -0.128. The Kier molecular flexibility index (Phi) is 3.33. The molecule has 138 valence electrons. The van der Waals surface area contributed by atoms with Crippen molar-refractivity contribution < 1.29 is 18.8 Å². The first-order valence-electron chi connectivity index (χ1n) is 8.96. The maximum atomic E-state index is 13.1. The molecule has 4 atom stereocenters. The van der Waals surface area contributed by atoms with Gasteiger partial charge in [0.15, 0.2) is 5.82 Å². The highest BCUT2D eigenvalue weighted by Gasteiger charge is 2.67. The zero-order chi connectivity index (χ0) is 18.8. The van der Waals surface area contributed by atoms with Crippen LogP contribution in [0.1, 0.15) is 11.3 Å². The summed E-state index contributed by atoms with van der Waals surface area (Å²) in [6.07, 6.45) is 3.43. The Balaban J connectivity index is 1.43. The van der Waals surface area contributed by atoms with Gasteiger partial charge in [0, 0.05) is 11.8 Å². The molecule has 7 nitrogen and oxygen atoms in total. The number of ether oxygens (including phenoxy) is 1. The summed E-state index contributed by atoms with van der Waals surface area (Å²) in [6.45, 7) is 4.10. The molecular weight excluding hydrogens is 346 g/mol. The highest BCUT2D eigenvalue weighted by Crippen LogP contribution is 2.52. The van der Waals surface area contributed by atoms with Gasteiger partial charge in [-0.2, -0.15) is 0 Å². The first-order chi connectivity index (χ1) is 13.0. The van der Waals surface area contributed by atoms with Crippen LogP contribution in [-0.2, 0) is 14.3 Å². The lowest BCUT2D eigenvalue weighted by Gasteiger charge is -2.23. The topological polar surface area (TPSA) is 84.7 Å². The quantitative estimate of drug-likeness (QED) is 0.843. The lowest BCUT2D eigenvalue weighted by Crippen LogP contribution is -2.41. The van der Waals surface area contributed by atoms with Crippen molar-refractivity contribution in [2.75, 3.05) is 16.8 Å². The summed E-state index contributed by atoms with van der Waals surface area (Å²) < 4.78 is 11.2. The van der Waals surface area contributed by atoms with Crippen molar-refractivity contribution in [3.8, 4) is 0 Å². The number of anilines is 2. The van der Waals surface area contributed by atoms with Crippen molar-refractivity contribution in [3.05, 3.63) is 53.8 Å². The third kappa shape index (κ3) is 2.35. The Morgan fingerprint density at radius 2 is 2.07 bits per heavy atom. The summed E-state index contributed by atoms with van der Waals surface area (Å²) >= 11 is 0. The molecule has 2 aromatic rings. The molecule has 2 bridgehead atoms. The normalized spacial score (nSPS) is 30.8. The van der Waals surface area contributed by atoms with E-state index in [0.29, 0.717) is 23.8 Å². The van der Waals surface area contributed by atoms with Crippen molar-refractivity contribution in [3.63, 3.8) is 0 Å². The molecule has 7 heteroatoms. The van der Waals surface area contributed by atoms with Crippen LogP contribution in [-0.4, -0.2) is 35.2 Å². The number of aryl methyl sites for hydroxylation is 2. The molecule has 0 saturated carbocycles. The second-order valence-electron chi connectivity index (χ2n) is 7.48. The summed E-state index contributed by atoms with van der Waals surface area (Å²) in [4.78, 5) is 27.7. The molecule has 0 unspecified atom stereocenters. The summed E-state index contributed by atoms with van der Waals surface area (Å²) in [6, 6.07) is 9.29. The molecule has 4 heterocycles. The second kappa shape index (κ2) is 5.53. The van der Waals surface area contributed by atoms with E-state index in [0.717, 1.165) is 5.56 Å². The van der Waals surface area contributed by atoms with E-state index in [1.54, 1.807) is 17.9 Å². The Bertz CT molecular complexity index is 964. The Labute approximate surface area is 156 Å². The number of hydrogen-bond acceptors (Lipinski definition) is 5. The maximum absolute atomic E-state index is 13.1. The Morgan fingerprint density at radius 3 is 2.78 bits per heavy atom. The third-order valence-corrected chi connectivity index (χ3v) is 5.61. The monoisotopic (exact) mass is 365 g/mol. The van der Waals surface area contributed by atoms with E-state index in [2.05, 4.69) is 10.5 Å². The van der Waals surface area contributed by atoms with Crippen LogP contribution in [0, 0.1) is 25.7 Å². The number of fused-ring (bicyclic) bond motifs is 1. The summed E-state index contributed by atoms with van der Waals surface area (Å²) in [5.74, 6) is -0.399. The highest BCUT2D eigenvalue weighted by atomic mass is 16.5. The maximum Gasteiger partial charge on any atom is 0.235 e. The zero-order valence-corrected chi connectivity index (χ0v) is 15.0. The molecule has 1 N–H and O–H groups in total. The number of rotatable bonds is 3. The summed E-state index contributed by atoms with van der Waals surface area (Å²) in [5.41, 5.74) is 1.05. The molecule has 1 aromatic carbocycles. The van der Waals surface area contributed by atoms with Gasteiger partial charge in [0.2, 0.25) is 11.8 Å². The fourth-order valence-electron chi connectivity index (χ4n) is 4.33. The van der Waals surface area contributed by atoms with Crippen LogP contribution in [0.5, 0.6) is 0 Å². The zero-order valence-electron chi connectivity index (χ0n) is 15.0. The van der Waals surface area contributed by atoms with Gasteiger partial charge < -0.3 is 14.6 Å². The van der Waals surface area contributed by atoms with Gasteiger partial charge in [-0.3, -0.25) is 14.5 Å². The Hall–Kier alpha value is -2.93. The standard InChI is InChI=1S/C20H19N3O4/c1-11-3-5-13(6-4-11)21-18(24)16-14-7-8-20(26-14)10-23(19(25)17(16)20)15-9-12(2)27-22-15/h3-9,14,16-17H,10H2,1-2H3,(H,21,24)/t14-,16+,17+,20+/m1/s1. The predicted octanol–water partition coefficient (Wildman–Crippen LogP) is 2.22. The number of benzene rings is 1. The number of nitrogens with one attached hydrogen (secondary N) is 1. The van der Waals surface area contributed by atoms with Crippen LogP contribution in [0.4, 0.5) is 11.5 Å². The number of amides is 2. The lowest BCUT2D eigenvalue weighted by atomic mass is 9.77. The minimum absolute atomic E-state index is 0.154. The van der Waals surface area contributed by atoms with Crippen LogP contribution in [0.25, 0.3) is 0 Å². The molecule has 3 aliphatic heterocycles. The molecule has 2 saturated heterocycles. The van der Waals surface area contributed by atoms with Crippen LogP contribution < -0.4 is 10.2 Å². The van der Waals surface area contributed by atoms with Crippen molar-refractivity contribution >= 4 is 23.3 Å². The molecule has 0 radical (unpaired) electrons. The van der Waals surface area contributed by atoms with Gasteiger partial charge in [0.25, 0.3) is 0 Å². The van der Waals surface area contributed by atoms with Gasteiger partial charge >= 0.3 is 0 Å². The third-order valence-electron chi connectivity index (χ3n) is 5.61. The van der Waals surface area contributed by atoms with E-state index in [4.69, 9.17) is 9.26 Å². The van der Waals surface area contributed by atoms with Gasteiger partial charge in [-0.15, -0.1) is 0 Å². The van der Waals surface area contributed by atoms with E-state index >= 15 is 0 Å². The van der Waals surface area contributed by atoms with Gasteiger partial charge in [0.1, 0.15) is 11.4 Å². The number of hydrogen-bond donors (Lipinski definition) is 1. The molecule has 1 aromatic heterocycles. The van der Waals surface area contributed by atoms with Crippen molar-refractivity contribution in [2.24, 2.45) is 11.8 Å². The van der Waals surface area contributed by atoms with Crippen molar-refractivity contribution in [1.82, 2.24) is 5.16 Å². The first kappa shape index (κ1) is 16.3. The minimum Gasteiger partial charge on any atom is -0.360 e. The van der Waals surface area contributed by atoms with E-state index in [-0.39, 0.29) is 17.9 Å². The van der Waals surface area contributed by atoms with Gasteiger partial charge in [0.05, 0.1) is 24.5 Å². The molecular formula is C20H19N3O4. The van der Waals surface area contributed by atoms with E-state index < -0.39 is 17.4 Å². The fraction of sp³-hybridized carbons (Fsp3) is 0.350. The number of nitrogens with zero attached hydrogens (tertiary/aromatic N) is 2. The van der Waals surface area contributed by atoms with E-state index in [9.17, 15) is 9.59 Å². The molecule has 2 fully saturated rings. The van der Waals surface area contributed by atoms with Crippen molar-refractivity contribution in [1.29, 1.82) is 0 Å². The van der Waals surface area contributed by atoms with Gasteiger partial charge in [-0.05, 0) is 26.0 Å². The predicted molar refractivity (Wildman–Crippen MR) is 97.1 cm³/mol. The smallest absolute Gasteiger partial charge is 0.235 e. The summed E-state index contributed by atoms with van der Waals surface area (Å²) in [7, 11) is 0. The van der Waals surface area contributed by atoms with Crippen LogP contribution in [0.15, 0.2) is 47.0 Å². The van der Waals surface area contributed by atoms with Gasteiger partial charge in [-0.25, -0.2) is 0 Å². The number of aromatic nitrogens is 1. The van der Waals surface area contributed by atoms with Crippen LogP contribution >= 0.6 is 0 Å². The van der Waals surface area contributed by atoms with Crippen LogP contribution in [0.3, 0.4) is 0 Å². The second-order valence-corrected chi connectivity index (χ2v) is 7.48. The highest BCUT2D eigenvalue weighted by molar-refractivity contribution is 6.05. The van der Waals surface area contributed by atoms with Crippen molar-refractivity contribution in [2.45, 2.75) is 25.6 Å². The number of carbonyl (C=O) groups is 2. The molecule has 5 rings (SSSR count). The molecule has 1 spiro atoms. The number of carbonyl (C=O) groups excluding carboxylic acids is 2. The first-order valence-corrected chi connectivity index (χ1v) is 8.96. The molecule has 27 heavy (non-hydrogen) atoms. The molecule has 3 aliphatic rings. The van der Waals surface area contributed by atoms with E-state index in [1.807, 2.05) is 43.3 Å². The average Bonchev–Trinajstić information content (AvgIpc) is 3.38. The SMILES string of the molecule is Cc1ccc(NC(=O)[C@@H]2[C@H]3C(=O)N(c4cc(C)on4)C[C@@]34C=C[C@H]2O4)cc1. The van der Waals surface area contributed by atoms with Crippen LogP contribution in [0.2, 0.25) is 0 Å².